The van der Waals surface area contributed by atoms with Gasteiger partial charge in [-0.3, -0.25) is 9.59 Å². The normalized spacial score (nSPS) is 10.6. The lowest BCUT2D eigenvalue weighted by Gasteiger charge is -2.04. The summed E-state index contributed by atoms with van der Waals surface area (Å²) in [4.78, 5) is 22.4. The van der Waals surface area contributed by atoms with E-state index in [9.17, 15) is 9.59 Å². The Morgan fingerprint density at radius 2 is 2.12 bits per heavy atom. The molecule has 0 aliphatic rings. The smallest absolute Gasteiger partial charge is 0.323 e. The molecule has 1 aromatic carbocycles. The van der Waals surface area contributed by atoms with Gasteiger partial charge in [-0.05, 0) is 23.6 Å². The number of hydrogen-bond donors (Lipinski definition) is 1. The van der Waals surface area contributed by atoms with Crippen molar-refractivity contribution in [3.63, 3.8) is 0 Å². The Morgan fingerprint density at radius 3 is 2.81 bits per heavy atom. The number of carboxylic acids is 1. The largest absolute Gasteiger partial charge is 0.480 e. The van der Waals surface area contributed by atoms with Crippen LogP contribution in [0, 0.1) is 0 Å². The van der Waals surface area contributed by atoms with Crippen LogP contribution in [0.4, 0.5) is 0 Å². The molecular weight excluding hydrogens is 274 g/mol. The monoisotopic (exact) mass is 281 g/mol. The van der Waals surface area contributed by atoms with Crippen LogP contribution in [0.15, 0.2) is 39.7 Å². The van der Waals surface area contributed by atoms with E-state index in [0.29, 0.717) is 5.39 Å². The van der Waals surface area contributed by atoms with Crippen LogP contribution in [0.3, 0.4) is 0 Å². The SMILES string of the molecule is O=C(O)Cn1ccc2ccc(Br)cc2c1=O. The van der Waals surface area contributed by atoms with Gasteiger partial charge in [-0.15, -0.1) is 0 Å². The summed E-state index contributed by atoms with van der Waals surface area (Å²) >= 11 is 3.28. The van der Waals surface area contributed by atoms with E-state index >= 15 is 0 Å². The van der Waals surface area contributed by atoms with Crippen molar-refractivity contribution >= 4 is 32.7 Å². The summed E-state index contributed by atoms with van der Waals surface area (Å²) < 4.78 is 1.97. The average molecular weight is 282 g/mol. The second kappa shape index (κ2) is 4.09. The molecular formula is C11H8BrNO3. The van der Waals surface area contributed by atoms with Gasteiger partial charge in [0.2, 0.25) is 0 Å². The van der Waals surface area contributed by atoms with Crippen molar-refractivity contribution in [3.05, 3.63) is 45.3 Å². The van der Waals surface area contributed by atoms with Gasteiger partial charge >= 0.3 is 5.97 Å². The first-order chi connectivity index (χ1) is 7.58. The number of pyridine rings is 1. The number of nitrogens with zero attached hydrogens (tertiary/aromatic N) is 1. The molecule has 0 fully saturated rings. The van der Waals surface area contributed by atoms with Crippen molar-refractivity contribution < 1.29 is 9.90 Å². The molecule has 0 atom stereocenters. The topological polar surface area (TPSA) is 59.3 Å². The molecule has 0 saturated heterocycles. The molecule has 1 heterocycles. The molecule has 0 radical (unpaired) electrons. The Bertz CT molecular complexity index is 618. The lowest BCUT2D eigenvalue weighted by atomic mass is 10.2. The molecule has 2 aromatic rings. The van der Waals surface area contributed by atoms with Gasteiger partial charge in [-0.1, -0.05) is 22.0 Å². The molecule has 4 nitrogen and oxygen atoms in total. The average Bonchev–Trinajstić information content (AvgIpc) is 2.22. The van der Waals surface area contributed by atoms with Crippen molar-refractivity contribution in [3.8, 4) is 0 Å². The molecule has 0 spiro atoms. The molecule has 0 bridgehead atoms. The molecule has 82 valence electrons. The fraction of sp³-hybridized carbons (Fsp3) is 0.0909. The van der Waals surface area contributed by atoms with E-state index in [-0.39, 0.29) is 12.1 Å². The molecule has 1 aromatic heterocycles. The van der Waals surface area contributed by atoms with E-state index in [1.165, 1.54) is 10.8 Å². The van der Waals surface area contributed by atoms with Crippen LogP contribution in [0.25, 0.3) is 10.8 Å². The predicted octanol–water partition coefficient (Wildman–Crippen LogP) is 1.85. The van der Waals surface area contributed by atoms with Crippen LogP contribution in [0.5, 0.6) is 0 Å². The number of aromatic nitrogens is 1. The Hall–Kier alpha value is -1.62. The van der Waals surface area contributed by atoms with Gasteiger partial charge in [-0.2, -0.15) is 0 Å². The molecule has 0 aliphatic carbocycles. The van der Waals surface area contributed by atoms with Gasteiger partial charge in [0, 0.05) is 16.1 Å². The highest BCUT2D eigenvalue weighted by Crippen LogP contribution is 2.16. The number of aliphatic carboxylic acids is 1. The minimum absolute atomic E-state index is 0.291. The van der Waals surface area contributed by atoms with E-state index in [0.717, 1.165) is 9.86 Å². The number of rotatable bonds is 2. The lowest BCUT2D eigenvalue weighted by Crippen LogP contribution is -2.23. The summed E-state index contributed by atoms with van der Waals surface area (Å²) in [5, 5.41) is 9.96. The van der Waals surface area contributed by atoms with Gasteiger partial charge < -0.3 is 9.67 Å². The van der Waals surface area contributed by atoms with Gasteiger partial charge in [0.1, 0.15) is 6.54 Å². The molecule has 0 aliphatic heterocycles. The highest BCUT2D eigenvalue weighted by Gasteiger charge is 2.05. The number of benzene rings is 1. The number of carbonyl (C=O) groups is 1. The van der Waals surface area contributed by atoms with Crippen molar-refractivity contribution in [2.45, 2.75) is 6.54 Å². The van der Waals surface area contributed by atoms with E-state index in [2.05, 4.69) is 15.9 Å². The molecule has 16 heavy (non-hydrogen) atoms. The maximum Gasteiger partial charge on any atom is 0.323 e. The first-order valence-electron chi connectivity index (χ1n) is 4.58. The maximum absolute atomic E-state index is 11.9. The van der Waals surface area contributed by atoms with Crippen molar-refractivity contribution in [2.75, 3.05) is 0 Å². The number of carboxylic acid groups (broad SMARTS) is 1. The second-order valence-electron chi connectivity index (χ2n) is 3.37. The molecule has 0 amide bonds. The van der Waals surface area contributed by atoms with Crippen LogP contribution in [0.2, 0.25) is 0 Å². The molecule has 5 heteroatoms. The lowest BCUT2D eigenvalue weighted by molar-refractivity contribution is -0.137. The highest BCUT2D eigenvalue weighted by atomic mass is 79.9. The quantitative estimate of drug-likeness (QED) is 0.914. The van der Waals surface area contributed by atoms with Gasteiger partial charge in [0.15, 0.2) is 0 Å². The second-order valence-corrected chi connectivity index (χ2v) is 4.29. The summed E-state index contributed by atoms with van der Waals surface area (Å²) in [5.74, 6) is -1.03. The van der Waals surface area contributed by atoms with Crippen LogP contribution >= 0.6 is 15.9 Å². The zero-order valence-electron chi connectivity index (χ0n) is 8.18. The minimum atomic E-state index is -1.03. The summed E-state index contributed by atoms with van der Waals surface area (Å²) in [7, 11) is 0. The summed E-state index contributed by atoms with van der Waals surface area (Å²) in [6, 6.07) is 7.07. The van der Waals surface area contributed by atoms with E-state index < -0.39 is 5.97 Å². The van der Waals surface area contributed by atoms with Crippen LogP contribution in [0.1, 0.15) is 0 Å². The van der Waals surface area contributed by atoms with Gasteiger partial charge in [0.05, 0.1) is 0 Å². The van der Waals surface area contributed by atoms with Gasteiger partial charge in [-0.25, -0.2) is 0 Å². The Kier molecular flexibility index (Phi) is 2.78. The molecule has 0 unspecified atom stereocenters. The van der Waals surface area contributed by atoms with Crippen molar-refractivity contribution in [1.82, 2.24) is 4.57 Å². The summed E-state index contributed by atoms with van der Waals surface area (Å²) in [6.45, 7) is -0.318. The zero-order valence-corrected chi connectivity index (χ0v) is 9.77. The van der Waals surface area contributed by atoms with E-state index in [4.69, 9.17) is 5.11 Å². The van der Waals surface area contributed by atoms with E-state index in [1.54, 1.807) is 12.1 Å². The number of fused-ring (bicyclic) bond motifs is 1. The first kappa shape index (κ1) is 10.9. The van der Waals surface area contributed by atoms with Gasteiger partial charge in [0.25, 0.3) is 5.56 Å². The van der Waals surface area contributed by atoms with Crippen LogP contribution in [-0.4, -0.2) is 15.6 Å². The summed E-state index contributed by atoms with van der Waals surface area (Å²) in [6.07, 6.45) is 1.49. The standard InChI is InChI=1S/C11H8BrNO3/c12-8-2-1-7-3-4-13(6-10(14)15)11(16)9(7)5-8/h1-5H,6H2,(H,14,15). The first-order valence-corrected chi connectivity index (χ1v) is 5.38. The fourth-order valence-corrected chi connectivity index (χ4v) is 1.88. The number of halogens is 1. The zero-order chi connectivity index (χ0) is 11.7. The Balaban J connectivity index is 2.68. The number of hydrogen-bond acceptors (Lipinski definition) is 2. The predicted molar refractivity (Wildman–Crippen MR) is 63.5 cm³/mol. The third-order valence-electron chi connectivity index (χ3n) is 2.25. The van der Waals surface area contributed by atoms with Crippen molar-refractivity contribution in [1.29, 1.82) is 0 Å². The van der Waals surface area contributed by atoms with Crippen LogP contribution < -0.4 is 5.56 Å². The molecule has 0 saturated carbocycles. The Labute approximate surface area is 99.3 Å². The fourth-order valence-electron chi connectivity index (χ4n) is 1.52. The summed E-state index contributed by atoms with van der Waals surface area (Å²) in [5.41, 5.74) is -0.291. The van der Waals surface area contributed by atoms with Crippen LogP contribution in [-0.2, 0) is 11.3 Å². The van der Waals surface area contributed by atoms with E-state index in [1.807, 2.05) is 12.1 Å². The highest BCUT2D eigenvalue weighted by molar-refractivity contribution is 9.10. The minimum Gasteiger partial charge on any atom is -0.480 e. The van der Waals surface area contributed by atoms with Crippen molar-refractivity contribution in [2.24, 2.45) is 0 Å². The molecule has 1 N–H and O–H groups in total. The molecule has 2 rings (SSSR count). The Morgan fingerprint density at radius 1 is 1.38 bits per heavy atom. The maximum atomic E-state index is 11.9. The third-order valence-corrected chi connectivity index (χ3v) is 2.74. The third kappa shape index (κ3) is 1.99.